The first kappa shape index (κ1) is 17.7. The van der Waals surface area contributed by atoms with Gasteiger partial charge in [-0.1, -0.05) is 18.2 Å². The number of benzene rings is 1. The van der Waals surface area contributed by atoms with E-state index in [4.69, 9.17) is 0 Å². The number of hydrogen-bond donors (Lipinski definition) is 1. The summed E-state index contributed by atoms with van der Waals surface area (Å²) in [6.07, 6.45) is 0. The van der Waals surface area contributed by atoms with Gasteiger partial charge in [0.15, 0.2) is 0 Å². The molecule has 0 radical (unpaired) electrons. The summed E-state index contributed by atoms with van der Waals surface area (Å²) in [7, 11) is 1.53. The Morgan fingerprint density at radius 3 is 2.50 bits per heavy atom. The molecule has 1 saturated heterocycles. The van der Waals surface area contributed by atoms with E-state index in [2.05, 4.69) is 10.4 Å². The Morgan fingerprint density at radius 2 is 1.88 bits per heavy atom. The number of hydrogen-bond acceptors (Lipinski definition) is 4. The first-order valence-electron chi connectivity index (χ1n) is 8.31. The van der Waals surface area contributed by atoms with Gasteiger partial charge in [-0.2, -0.15) is 5.10 Å². The number of aryl methyl sites for hydroxylation is 1. The van der Waals surface area contributed by atoms with Crippen LogP contribution < -0.4 is 5.32 Å². The van der Waals surface area contributed by atoms with Crippen LogP contribution >= 0.6 is 0 Å². The van der Waals surface area contributed by atoms with Crippen molar-refractivity contribution in [2.24, 2.45) is 0 Å². The van der Waals surface area contributed by atoms with Crippen LogP contribution in [-0.2, 0) is 16.1 Å². The Morgan fingerprint density at radius 1 is 1.19 bits per heavy atom. The van der Waals surface area contributed by atoms with Crippen molar-refractivity contribution in [3.63, 3.8) is 0 Å². The maximum absolute atomic E-state index is 12.2. The van der Waals surface area contributed by atoms with E-state index >= 15 is 0 Å². The summed E-state index contributed by atoms with van der Waals surface area (Å²) < 4.78 is 1.83. The molecule has 4 amide bonds. The molecule has 3 rings (SSSR count). The number of para-hydroxylation sites is 1. The standard InChI is InChI=1S/C18H21N5O3/c1-12-15(13(2)23(20-12)14-7-5-4-6-8-14)9-19-16(24)10-22-17(25)11-21(3)18(22)26/h4-8H,9-11H2,1-3H3,(H,19,24). The predicted octanol–water partition coefficient (Wildman–Crippen LogP) is 0.999. The number of urea groups is 1. The van der Waals surface area contributed by atoms with Crippen molar-refractivity contribution in [2.75, 3.05) is 20.1 Å². The zero-order valence-electron chi connectivity index (χ0n) is 15.0. The highest BCUT2D eigenvalue weighted by Crippen LogP contribution is 2.17. The van der Waals surface area contributed by atoms with Gasteiger partial charge < -0.3 is 10.2 Å². The summed E-state index contributed by atoms with van der Waals surface area (Å²) >= 11 is 0. The van der Waals surface area contributed by atoms with E-state index in [-0.39, 0.29) is 31.4 Å². The second-order valence-corrected chi connectivity index (χ2v) is 6.29. The van der Waals surface area contributed by atoms with Gasteiger partial charge in [-0.05, 0) is 26.0 Å². The van der Waals surface area contributed by atoms with E-state index in [1.807, 2.05) is 48.9 Å². The summed E-state index contributed by atoms with van der Waals surface area (Å²) in [5.74, 6) is -0.745. The van der Waals surface area contributed by atoms with E-state index in [0.717, 1.165) is 27.5 Å². The molecule has 0 bridgehead atoms. The van der Waals surface area contributed by atoms with Crippen molar-refractivity contribution >= 4 is 17.8 Å². The van der Waals surface area contributed by atoms with Crippen LogP contribution in [0.15, 0.2) is 30.3 Å². The van der Waals surface area contributed by atoms with Crippen molar-refractivity contribution < 1.29 is 14.4 Å². The molecule has 0 atom stereocenters. The van der Waals surface area contributed by atoms with Crippen molar-refractivity contribution in [1.29, 1.82) is 0 Å². The average molecular weight is 355 g/mol. The number of imide groups is 1. The number of amides is 4. The molecule has 1 aliphatic rings. The van der Waals surface area contributed by atoms with Gasteiger partial charge in [-0.25, -0.2) is 9.48 Å². The number of carbonyl (C=O) groups is 3. The minimum atomic E-state index is -0.450. The lowest BCUT2D eigenvalue weighted by molar-refractivity contribution is -0.130. The minimum absolute atomic E-state index is 0.00811. The molecule has 8 heteroatoms. The molecular weight excluding hydrogens is 334 g/mol. The predicted molar refractivity (Wildman–Crippen MR) is 94.6 cm³/mol. The molecule has 1 aromatic carbocycles. The van der Waals surface area contributed by atoms with Gasteiger partial charge in [0.05, 0.1) is 11.4 Å². The lowest BCUT2D eigenvalue weighted by atomic mass is 10.2. The maximum atomic E-state index is 12.2. The number of carbonyl (C=O) groups excluding carboxylic acids is 3. The molecule has 0 unspecified atom stereocenters. The van der Waals surface area contributed by atoms with Crippen LogP contribution in [0.2, 0.25) is 0 Å². The van der Waals surface area contributed by atoms with Gasteiger partial charge >= 0.3 is 6.03 Å². The summed E-state index contributed by atoms with van der Waals surface area (Å²) in [4.78, 5) is 38.0. The molecule has 8 nitrogen and oxygen atoms in total. The Hall–Kier alpha value is -3.16. The highest BCUT2D eigenvalue weighted by molar-refractivity contribution is 6.04. The van der Waals surface area contributed by atoms with Crippen molar-refractivity contribution in [2.45, 2.75) is 20.4 Å². The molecule has 1 aromatic heterocycles. The average Bonchev–Trinajstić information content (AvgIpc) is 3.04. The Labute approximate surface area is 151 Å². The Balaban J connectivity index is 1.67. The van der Waals surface area contributed by atoms with Crippen LogP contribution in [0.25, 0.3) is 5.69 Å². The summed E-state index contributed by atoms with van der Waals surface area (Å²) in [6, 6.07) is 9.29. The van der Waals surface area contributed by atoms with Gasteiger partial charge in [0.25, 0.3) is 5.91 Å². The number of nitrogens with zero attached hydrogens (tertiary/aromatic N) is 4. The molecule has 1 aliphatic heterocycles. The number of nitrogens with one attached hydrogen (secondary N) is 1. The second kappa shape index (κ2) is 6.99. The van der Waals surface area contributed by atoms with Crippen LogP contribution in [0, 0.1) is 13.8 Å². The largest absolute Gasteiger partial charge is 0.350 e. The third-order valence-electron chi connectivity index (χ3n) is 4.44. The van der Waals surface area contributed by atoms with E-state index in [0.29, 0.717) is 0 Å². The molecule has 0 aliphatic carbocycles. The molecule has 0 spiro atoms. The molecule has 2 aromatic rings. The molecule has 0 saturated carbocycles. The van der Waals surface area contributed by atoms with E-state index in [9.17, 15) is 14.4 Å². The van der Waals surface area contributed by atoms with E-state index in [1.165, 1.54) is 11.9 Å². The highest BCUT2D eigenvalue weighted by Gasteiger charge is 2.34. The van der Waals surface area contributed by atoms with E-state index in [1.54, 1.807) is 0 Å². The number of likely N-dealkylation sites (N-methyl/N-ethyl adjacent to an activating group) is 1. The zero-order valence-corrected chi connectivity index (χ0v) is 15.0. The summed E-state index contributed by atoms with van der Waals surface area (Å²) in [5, 5.41) is 7.31. The first-order chi connectivity index (χ1) is 12.4. The van der Waals surface area contributed by atoms with Gasteiger partial charge in [0, 0.05) is 24.8 Å². The van der Waals surface area contributed by atoms with Crippen LogP contribution in [0.4, 0.5) is 4.79 Å². The molecule has 1 fully saturated rings. The quantitative estimate of drug-likeness (QED) is 0.811. The lowest BCUT2D eigenvalue weighted by Gasteiger charge is -2.14. The van der Waals surface area contributed by atoms with Crippen LogP contribution in [-0.4, -0.2) is 57.6 Å². The normalized spacial score (nSPS) is 14.3. The minimum Gasteiger partial charge on any atom is -0.350 e. The fourth-order valence-electron chi connectivity index (χ4n) is 2.96. The monoisotopic (exact) mass is 355 g/mol. The van der Waals surface area contributed by atoms with Crippen LogP contribution in [0.1, 0.15) is 17.0 Å². The Kier molecular flexibility index (Phi) is 4.75. The topological polar surface area (TPSA) is 87.5 Å². The molecular formula is C18H21N5O3. The third-order valence-corrected chi connectivity index (χ3v) is 4.44. The van der Waals surface area contributed by atoms with Crippen LogP contribution in [0.5, 0.6) is 0 Å². The van der Waals surface area contributed by atoms with E-state index < -0.39 is 6.03 Å². The number of rotatable bonds is 5. The fourth-order valence-corrected chi connectivity index (χ4v) is 2.96. The smallest absolute Gasteiger partial charge is 0.327 e. The third kappa shape index (κ3) is 3.30. The van der Waals surface area contributed by atoms with Gasteiger partial charge in [0.1, 0.15) is 13.1 Å². The van der Waals surface area contributed by atoms with Gasteiger partial charge in [-0.15, -0.1) is 0 Å². The zero-order chi connectivity index (χ0) is 18.8. The first-order valence-corrected chi connectivity index (χ1v) is 8.31. The van der Waals surface area contributed by atoms with Crippen molar-refractivity contribution in [3.8, 4) is 5.69 Å². The summed E-state index contributed by atoms with van der Waals surface area (Å²) in [6.45, 7) is 3.85. The van der Waals surface area contributed by atoms with Gasteiger partial charge in [-0.3, -0.25) is 14.5 Å². The van der Waals surface area contributed by atoms with Crippen LogP contribution in [0.3, 0.4) is 0 Å². The molecule has 26 heavy (non-hydrogen) atoms. The van der Waals surface area contributed by atoms with Gasteiger partial charge in [0.2, 0.25) is 5.91 Å². The fraction of sp³-hybridized carbons (Fsp3) is 0.333. The lowest BCUT2D eigenvalue weighted by Crippen LogP contribution is -2.40. The number of aromatic nitrogens is 2. The SMILES string of the molecule is Cc1nn(-c2ccccc2)c(C)c1CNC(=O)CN1C(=O)CN(C)C1=O. The second-order valence-electron chi connectivity index (χ2n) is 6.29. The van der Waals surface area contributed by atoms with Crippen molar-refractivity contribution in [3.05, 3.63) is 47.3 Å². The van der Waals surface area contributed by atoms with Crippen molar-refractivity contribution in [1.82, 2.24) is 24.9 Å². The summed E-state index contributed by atoms with van der Waals surface area (Å²) in [5.41, 5.74) is 3.61. The molecule has 1 N–H and O–H groups in total. The Bertz CT molecular complexity index is 859. The maximum Gasteiger partial charge on any atom is 0.327 e. The highest BCUT2D eigenvalue weighted by atomic mass is 16.2. The molecule has 136 valence electrons. The molecule has 2 heterocycles.